The van der Waals surface area contributed by atoms with Crippen molar-refractivity contribution >= 4 is 38.5 Å². The first-order valence-electron chi connectivity index (χ1n) is 11.9. The highest BCUT2D eigenvalue weighted by molar-refractivity contribution is 7.89. The average molecular weight is 499 g/mol. The number of aryl methyl sites for hydroxylation is 1. The Balaban J connectivity index is 1.17. The lowest BCUT2D eigenvalue weighted by Gasteiger charge is -2.35. The maximum Gasteiger partial charge on any atom is 0.243 e. The Kier molecular flexibility index (Phi) is 6.67. The number of rotatable bonds is 6. The van der Waals surface area contributed by atoms with Crippen LogP contribution in [-0.2, 0) is 21.9 Å². The molecule has 35 heavy (non-hydrogen) atoms. The van der Waals surface area contributed by atoms with Gasteiger partial charge in [0.1, 0.15) is 12.1 Å². The zero-order chi connectivity index (χ0) is 24.4. The Bertz CT molecular complexity index is 1310. The first kappa shape index (κ1) is 23.6. The fourth-order valence-corrected chi connectivity index (χ4v) is 6.28. The van der Waals surface area contributed by atoms with E-state index in [-0.39, 0.29) is 17.3 Å². The molecule has 11 nitrogen and oxygen atoms in total. The number of aromatic nitrogens is 4. The molecule has 0 unspecified atom stereocenters. The zero-order valence-corrected chi connectivity index (χ0v) is 20.6. The third kappa shape index (κ3) is 5.00. The minimum Gasteiger partial charge on any atom is -0.353 e. The Morgan fingerprint density at radius 1 is 1.03 bits per heavy atom. The molecule has 0 radical (unpaired) electrons. The normalized spacial score (nSPS) is 18.1. The van der Waals surface area contributed by atoms with Gasteiger partial charge in [0.25, 0.3) is 0 Å². The van der Waals surface area contributed by atoms with Gasteiger partial charge in [-0.1, -0.05) is 12.5 Å². The maximum atomic E-state index is 13.0. The summed E-state index contributed by atoms with van der Waals surface area (Å²) in [6.07, 6.45) is 6.16. The van der Waals surface area contributed by atoms with Crippen molar-refractivity contribution in [2.24, 2.45) is 7.05 Å². The molecule has 2 aliphatic rings. The van der Waals surface area contributed by atoms with Gasteiger partial charge in [-0.3, -0.25) is 14.4 Å². The van der Waals surface area contributed by atoms with Gasteiger partial charge >= 0.3 is 0 Å². The van der Waals surface area contributed by atoms with Gasteiger partial charge in [0.2, 0.25) is 15.9 Å². The molecule has 12 heteroatoms. The van der Waals surface area contributed by atoms with Crippen molar-refractivity contribution in [3.8, 4) is 0 Å². The quantitative estimate of drug-likeness (QED) is 0.541. The van der Waals surface area contributed by atoms with Gasteiger partial charge in [0, 0.05) is 52.0 Å². The van der Waals surface area contributed by atoms with Gasteiger partial charge in [-0.15, -0.1) is 0 Å². The van der Waals surface area contributed by atoms with Crippen LogP contribution < -0.4 is 10.2 Å². The highest BCUT2D eigenvalue weighted by atomic mass is 32.2. The van der Waals surface area contributed by atoms with E-state index >= 15 is 0 Å². The van der Waals surface area contributed by atoms with Crippen LogP contribution in [-0.4, -0.2) is 89.1 Å². The lowest BCUT2D eigenvalue weighted by Crippen LogP contribution is -2.49. The number of carbonyl (C=O) groups is 1. The second-order valence-electron chi connectivity index (χ2n) is 9.01. The molecule has 0 aliphatic carbocycles. The van der Waals surface area contributed by atoms with Gasteiger partial charge in [-0.2, -0.15) is 9.40 Å². The number of sulfonamides is 1. The predicted octanol–water partition coefficient (Wildman–Crippen LogP) is 1.30. The van der Waals surface area contributed by atoms with Crippen LogP contribution in [0.15, 0.2) is 41.7 Å². The SMILES string of the molecule is Cn1ncc2c(N3CCN(CC(=O)Nc4cccc(S(=O)(=O)N5CCCCC5)c4)CC3)ncnc21. The van der Waals surface area contributed by atoms with Crippen LogP contribution in [0.4, 0.5) is 11.5 Å². The molecule has 1 amide bonds. The Morgan fingerprint density at radius 3 is 2.57 bits per heavy atom. The van der Waals surface area contributed by atoms with E-state index < -0.39 is 10.0 Å². The van der Waals surface area contributed by atoms with Crippen LogP contribution >= 0.6 is 0 Å². The van der Waals surface area contributed by atoms with Gasteiger partial charge in [-0.25, -0.2) is 18.4 Å². The smallest absolute Gasteiger partial charge is 0.243 e. The molecule has 0 saturated carbocycles. The maximum absolute atomic E-state index is 13.0. The number of carbonyl (C=O) groups excluding carboxylic acids is 1. The monoisotopic (exact) mass is 498 g/mol. The third-order valence-corrected chi connectivity index (χ3v) is 8.51. The molecule has 0 spiro atoms. The lowest BCUT2D eigenvalue weighted by atomic mass is 10.2. The highest BCUT2D eigenvalue weighted by Crippen LogP contribution is 2.24. The van der Waals surface area contributed by atoms with E-state index in [1.807, 2.05) is 7.05 Å². The molecule has 2 aliphatic heterocycles. The average Bonchev–Trinajstić information content (AvgIpc) is 3.26. The lowest BCUT2D eigenvalue weighted by molar-refractivity contribution is -0.117. The molecular weight excluding hydrogens is 468 g/mol. The van der Waals surface area contributed by atoms with Crippen molar-refractivity contribution < 1.29 is 13.2 Å². The first-order valence-corrected chi connectivity index (χ1v) is 13.4. The summed E-state index contributed by atoms with van der Waals surface area (Å²) < 4.78 is 29.2. The van der Waals surface area contributed by atoms with E-state index in [2.05, 4.69) is 30.2 Å². The van der Waals surface area contributed by atoms with Crippen LogP contribution in [0.2, 0.25) is 0 Å². The van der Waals surface area contributed by atoms with Crippen molar-refractivity contribution in [3.05, 3.63) is 36.8 Å². The number of hydrogen-bond donors (Lipinski definition) is 1. The van der Waals surface area contributed by atoms with Crippen LogP contribution in [0.1, 0.15) is 19.3 Å². The molecule has 1 aromatic carbocycles. The van der Waals surface area contributed by atoms with E-state index in [9.17, 15) is 13.2 Å². The summed E-state index contributed by atoms with van der Waals surface area (Å²) in [6, 6.07) is 6.53. The number of nitrogens with zero attached hydrogens (tertiary/aromatic N) is 7. The number of fused-ring (bicyclic) bond motifs is 1. The van der Waals surface area contributed by atoms with Crippen LogP contribution in [0, 0.1) is 0 Å². The summed E-state index contributed by atoms with van der Waals surface area (Å²) in [6.45, 7) is 4.22. The summed E-state index contributed by atoms with van der Waals surface area (Å²) in [5, 5.41) is 8.06. The number of amides is 1. The summed E-state index contributed by atoms with van der Waals surface area (Å²) in [5.41, 5.74) is 1.29. The minimum atomic E-state index is -3.54. The van der Waals surface area contributed by atoms with Crippen molar-refractivity contribution in [1.82, 2.24) is 29.0 Å². The predicted molar refractivity (Wildman–Crippen MR) is 133 cm³/mol. The van der Waals surface area contributed by atoms with Crippen LogP contribution in [0.5, 0.6) is 0 Å². The molecule has 1 N–H and O–H groups in total. The molecule has 186 valence electrons. The van der Waals surface area contributed by atoms with E-state index in [0.29, 0.717) is 31.9 Å². The van der Waals surface area contributed by atoms with Gasteiger partial charge < -0.3 is 10.2 Å². The van der Waals surface area contributed by atoms with Gasteiger partial charge in [0.05, 0.1) is 23.0 Å². The second-order valence-corrected chi connectivity index (χ2v) is 10.9. The summed E-state index contributed by atoms with van der Waals surface area (Å²) in [7, 11) is -1.69. The molecule has 5 rings (SSSR count). The van der Waals surface area contributed by atoms with Crippen LogP contribution in [0.25, 0.3) is 11.0 Å². The van der Waals surface area contributed by atoms with E-state index in [0.717, 1.165) is 49.2 Å². The van der Waals surface area contributed by atoms with Gasteiger partial charge in [-0.05, 0) is 31.0 Å². The molecule has 2 aromatic heterocycles. The minimum absolute atomic E-state index is 0.164. The highest BCUT2D eigenvalue weighted by Gasteiger charge is 2.26. The fraction of sp³-hybridized carbons (Fsp3) is 0.478. The van der Waals surface area contributed by atoms with Gasteiger partial charge in [0.15, 0.2) is 5.65 Å². The Hall–Kier alpha value is -3.09. The van der Waals surface area contributed by atoms with Crippen molar-refractivity contribution in [1.29, 1.82) is 0 Å². The number of benzene rings is 1. The Morgan fingerprint density at radius 2 is 1.80 bits per heavy atom. The summed E-state index contributed by atoms with van der Waals surface area (Å²) in [5.74, 6) is 0.696. The zero-order valence-electron chi connectivity index (χ0n) is 19.8. The molecule has 4 heterocycles. The van der Waals surface area contributed by atoms with Crippen molar-refractivity contribution in [3.63, 3.8) is 0 Å². The number of piperazine rings is 1. The molecule has 3 aromatic rings. The molecular formula is C23H30N8O3S. The number of nitrogens with one attached hydrogen (secondary N) is 1. The van der Waals surface area contributed by atoms with Crippen LogP contribution in [0.3, 0.4) is 0 Å². The molecule has 2 fully saturated rings. The summed E-state index contributed by atoms with van der Waals surface area (Å²) in [4.78, 5) is 26.0. The number of anilines is 2. The van der Waals surface area contributed by atoms with E-state index in [4.69, 9.17) is 0 Å². The number of piperidine rings is 1. The third-order valence-electron chi connectivity index (χ3n) is 6.62. The molecule has 0 atom stereocenters. The van der Waals surface area contributed by atoms with E-state index in [1.165, 1.54) is 4.31 Å². The summed E-state index contributed by atoms with van der Waals surface area (Å²) >= 11 is 0. The largest absolute Gasteiger partial charge is 0.353 e. The standard InChI is InChI=1S/C23H30N8O3S/c1-28-22-20(15-26-28)23(25-17-24-22)30-12-10-29(11-13-30)16-21(32)27-18-6-5-7-19(14-18)35(33,34)31-8-3-2-4-9-31/h5-7,14-15,17H,2-4,8-13,16H2,1H3,(H,27,32). The van der Waals surface area contributed by atoms with Crippen molar-refractivity contribution in [2.75, 3.05) is 56.0 Å². The second kappa shape index (κ2) is 9.88. The molecule has 0 bridgehead atoms. The number of hydrogen-bond acceptors (Lipinski definition) is 8. The first-order chi connectivity index (χ1) is 16.9. The topological polar surface area (TPSA) is 117 Å². The Labute approximate surface area is 204 Å². The van der Waals surface area contributed by atoms with E-state index in [1.54, 1.807) is 41.5 Å². The fourth-order valence-electron chi connectivity index (χ4n) is 4.71. The molecule has 2 saturated heterocycles. The van der Waals surface area contributed by atoms with Crippen molar-refractivity contribution in [2.45, 2.75) is 24.2 Å².